The lowest BCUT2D eigenvalue weighted by Gasteiger charge is -2.09. The van der Waals surface area contributed by atoms with E-state index in [9.17, 15) is 9.59 Å². The molecule has 4 heteroatoms. The van der Waals surface area contributed by atoms with Crippen molar-refractivity contribution >= 4 is 16.7 Å². The number of carbonyl (C=O) groups is 1. The number of esters is 1. The Morgan fingerprint density at radius 1 is 1.21 bits per heavy atom. The highest BCUT2D eigenvalue weighted by Gasteiger charge is 2.20. The fourth-order valence-corrected chi connectivity index (χ4v) is 2.08. The summed E-state index contributed by atoms with van der Waals surface area (Å²) in [5, 5.41) is 1.01. The monoisotopic (exact) mass is 260 g/mol. The third kappa shape index (κ3) is 2.52. The third-order valence-corrected chi connectivity index (χ3v) is 2.87. The molecular weight excluding hydrogens is 244 g/mol. The second-order valence-electron chi connectivity index (χ2n) is 4.20. The highest BCUT2D eigenvalue weighted by molar-refractivity contribution is 6.04. The fourth-order valence-electron chi connectivity index (χ4n) is 2.08. The molecule has 100 valence electrons. The van der Waals surface area contributed by atoms with Crippen LogP contribution < -0.4 is 5.63 Å². The van der Waals surface area contributed by atoms with Crippen molar-refractivity contribution in [3.63, 3.8) is 0 Å². The Labute approximate surface area is 111 Å². The molecular formula is C15H16O4. The summed E-state index contributed by atoms with van der Waals surface area (Å²) in [5.41, 5.74) is -0.0361. The van der Waals surface area contributed by atoms with E-state index in [0.717, 1.165) is 6.42 Å². The molecule has 4 nitrogen and oxygen atoms in total. The van der Waals surface area contributed by atoms with Crippen LogP contribution in [0, 0.1) is 0 Å². The number of hydrogen-bond donors (Lipinski definition) is 0. The van der Waals surface area contributed by atoms with Gasteiger partial charge in [0.1, 0.15) is 11.3 Å². The van der Waals surface area contributed by atoms with Gasteiger partial charge in [0.25, 0.3) is 0 Å². The van der Waals surface area contributed by atoms with Gasteiger partial charge >= 0.3 is 11.6 Å². The molecule has 0 radical (unpaired) electrons. The Hall–Kier alpha value is -2.10. The predicted molar refractivity (Wildman–Crippen MR) is 72.4 cm³/mol. The Morgan fingerprint density at radius 3 is 2.53 bits per heavy atom. The minimum absolute atomic E-state index is 0.290. The van der Waals surface area contributed by atoms with Crippen LogP contribution in [0.3, 0.4) is 0 Å². The maximum atomic E-state index is 12.1. The van der Waals surface area contributed by atoms with Gasteiger partial charge in [0.05, 0.1) is 12.0 Å². The highest BCUT2D eigenvalue weighted by Crippen LogP contribution is 2.21. The van der Waals surface area contributed by atoms with Crippen molar-refractivity contribution in [1.82, 2.24) is 0 Å². The van der Waals surface area contributed by atoms with Gasteiger partial charge in [-0.15, -0.1) is 0 Å². The first-order valence-corrected chi connectivity index (χ1v) is 6.40. The number of carbonyl (C=O) groups excluding carboxylic acids is 1. The van der Waals surface area contributed by atoms with Crippen molar-refractivity contribution in [2.24, 2.45) is 0 Å². The van der Waals surface area contributed by atoms with Crippen LogP contribution in [-0.2, 0) is 11.2 Å². The molecule has 1 heterocycles. The first-order chi connectivity index (χ1) is 9.19. The first kappa shape index (κ1) is 13.3. The summed E-state index contributed by atoms with van der Waals surface area (Å²) < 4.78 is 10.3. The first-order valence-electron chi connectivity index (χ1n) is 6.40. The van der Waals surface area contributed by atoms with Crippen molar-refractivity contribution in [3.05, 3.63) is 46.0 Å². The van der Waals surface area contributed by atoms with Crippen molar-refractivity contribution in [1.29, 1.82) is 0 Å². The van der Waals surface area contributed by atoms with E-state index in [1.165, 1.54) is 0 Å². The maximum absolute atomic E-state index is 12.1. The van der Waals surface area contributed by atoms with Gasteiger partial charge in [-0.3, -0.25) is 0 Å². The lowest BCUT2D eigenvalue weighted by molar-refractivity contribution is 0.0523. The SMILES string of the molecule is CCCc1oc(=O)c2ccccc2c1C(=O)OCC. The molecule has 19 heavy (non-hydrogen) atoms. The number of ether oxygens (including phenoxy) is 1. The Morgan fingerprint density at radius 2 is 1.89 bits per heavy atom. The lowest BCUT2D eigenvalue weighted by atomic mass is 10.0. The quantitative estimate of drug-likeness (QED) is 0.793. The molecule has 0 atom stereocenters. The minimum Gasteiger partial charge on any atom is -0.462 e. The van der Waals surface area contributed by atoms with Gasteiger partial charge in [-0.2, -0.15) is 0 Å². The minimum atomic E-state index is -0.439. The Kier molecular flexibility index (Phi) is 4.00. The van der Waals surface area contributed by atoms with E-state index >= 15 is 0 Å². The smallest absolute Gasteiger partial charge is 0.343 e. The zero-order chi connectivity index (χ0) is 13.8. The van der Waals surface area contributed by atoms with E-state index in [1.54, 1.807) is 31.2 Å². The van der Waals surface area contributed by atoms with Gasteiger partial charge < -0.3 is 9.15 Å². The molecule has 2 rings (SSSR count). The molecule has 0 saturated heterocycles. The number of rotatable bonds is 4. The summed E-state index contributed by atoms with van der Waals surface area (Å²) in [4.78, 5) is 24.0. The molecule has 0 amide bonds. The molecule has 2 aromatic rings. The van der Waals surface area contributed by atoms with Gasteiger partial charge in [-0.25, -0.2) is 9.59 Å². The molecule has 0 fully saturated rings. The Bertz CT molecular complexity index is 655. The Balaban J connectivity index is 2.75. The molecule has 0 spiro atoms. The number of benzene rings is 1. The van der Waals surface area contributed by atoms with E-state index in [1.807, 2.05) is 6.92 Å². The van der Waals surface area contributed by atoms with E-state index in [4.69, 9.17) is 9.15 Å². The summed E-state index contributed by atoms with van der Waals surface area (Å²) >= 11 is 0. The summed E-state index contributed by atoms with van der Waals surface area (Å²) in [7, 11) is 0. The van der Waals surface area contributed by atoms with Crippen molar-refractivity contribution in [2.75, 3.05) is 6.61 Å². The van der Waals surface area contributed by atoms with E-state index in [-0.39, 0.29) is 6.61 Å². The standard InChI is InChI=1S/C15H16O4/c1-3-7-12-13(15(17)18-4-2)10-8-5-6-9-11(10)14(16)19-12/h5-6,8-9H,3-4,7H2,1-2H3. The van der Waals surface area contributed by atoms with E-state index < -0.39 is 11.6 Å². The molecule has 0 aliphatic carbocycles. The second kappa shape index (κ2) is 5.69. The zero-order valence-corrected chi connectivity index (χ0v) is 11.1. The number of aryl methyl sites for hydroxylation is 1. The lowest BCUT2D eigenvalue weighted by Crippen LogP contribution is -2.13. The van der Waals surface area contributed by atoms with Crippen molar-refractivity contribution < 1.29 is 13.9 Å². The van der Waals surface area contributed by atoms with Gasteiger partial charge in [0, 0.05) is 11.8 Å². The molecule has 0 saturated carbocycles. The second-order valence-corrected chi connectivity index (χ2v) is 4.20. The van der Waals surface area contributed by atoms with Crippen LogP contribution in [-0.4, -0.2) is 12.6 Å². The highest BCUT2D eigenvalue weighted by atomic mass is 16.5. The fraction of sp³-hybridized carbons (Fsp3) is 0.333. The van der Waals surface area contributed by atoms with Crippen molar-refractivity contribution in [3.8, 4) is 0 Å². The maximum Gasteiger partial charge on any atom is 0.343 e. The van der Waals surface area contributed by atoms with Crippen LogP contribution in [0.15, 0.2) is 33.5 Å². The van der Waals surface area contributed by atoms with Crippen LogP contribution in [0.2, 0.25) is 0 Å². The third-order valence-electron chi connectivity index (χ3n) is 2.87. The van der Waals surface area contributed by atoms with Gasteiger partial charge in [0.2, 0.25) is 0 Å². The van der Waals surface area contributed by atoms with E-state index in [0.29, 0.717) is 28.5 Å². The average Bonchev–Trinajstić information content (AvgIpc) is 2.39. The van der Waals surface area contributed by atoms with Crippen molar-refractivity contribution in [2.45, 2.75) is 26.7 Å². The van der Waals surface area contributed by atoms with Gasteiger partial charge in [-0.1, -0.05) is 25.1 Å². The zero-order valence-electron chi connectivity index (χ0n) is 11.1. The molecule has 0 bridgehead atoms. The predicted octanol–water partition coefficient (Wildman–Crippen LogP) is 2.92. The normalized spacial score (nSPS) is 10.6. The largest absolute Gasteiger partial charge is 0.462 e. The van der Waals surface area contributed by atoms with Crippen LogP contribution in [0.5, 0.6) is 0 Å². The summed E-state index contributed by atoms with van der Waals surface area (Å²) in [5.74, 6) is -0.0319. The van der Waals surface area contributed by atoms with Crippen LogP contribution >= 0.6 is 0 Å². The topological polar surface area (TPSA) is 56.5 Å². The van der Waals surface area contributed by atoms with Gasteiger partial charge in [-0.05, 0) is 19.4 Å². The van der Waals surface area contributed by atoms with Crippen LogP contribution in [0.4, 0.5) is 0 Å². The molecule has 0 aliphatic heterocycles. The summed E-state index contributed by atoms with van der Waals surface area (Å²) in [6.07, 6.45) is 1.32. The molecule has 1 aromatic heterocycles. The average molecular weight is 260 g/mol. The van der Waals surface area contributed by atoms with E-state index in [2.05, 4.69) is 0 Å². The van der Waals surface area contributed by atoms with Gasteiger partial charge in [0.15, 0.2) is 0 Å². The van der Waals surface area contributed by atoms with Crippen LogP contribution in [0.25, 0.3) is 10.8 Å². The molecule has 0 aliphatic rings. The molecule has 0 N–H and O–H groups in total. The molecule has 1 aromatic carbocycles. The number of hydrogen-bond acceptors (Lipinski definition) is 4. The van der Waals surface area contributed by atoms with Crippen LogP contribution in [0.1, 0.15) is 36.4 Å². The number of fused-ring (bicyclic) bond motifs is 1. The molecule has 0 unspecified atom stereocenters. The summed E-state index contributed by atoms with van der Waals surface area (Å²) in [6, 6.07) is 6.94. The summed E-state index contributed by atoms with van der Waals surface area (Å²) in [6.45, 7) is 4.00.